The Hall–Kier alpha value is -1.33. The highest BCUT2D eigenvalue weighted by atomic mass is 16.5. The topological polar surface area (TPSA) is 33.0 Å². The summed E-state index contributed by atoms with van der Waals surface area (Å²) < 4.78 is 5.85. The number of rotatable bonds is 3. The second-order valence-electron chi connectivity index (χ2n) is 5.59. The molecule has 1 fully saturated rings. The first kappa shape index (κ1) is 13.1. The van der Waals surface area contributed by atoms with Crippen molar-refractivity contribution in [3.05, 3.63) is 35.9 Å². The van der Waals surface area contributed by atoms with Crippen molar-refractivity contribution in [1.29, 1.82) is 5.26 Å². The van der Waals surface area contributed by atoms with E-state index >= 15 is 0 Å². The Morgan fingerprint density at radius 3 is 2.72 bits per heavy atom. The number of hydrogen-bond donors (Lipinski definition) is 0. The van der Waals surface area contributed by atoms with E-state index in [1.165, 1.54) is 5.56 Å². The first-order valence-corrected chi connectivity index (χ1v) is 6.72. The molecule has 0 bridgehead atoms. The van der Waals surface area contributed by atoms with Crippen LogP contribution in [0.2, 0.25) is 0 Å². The summed E-state index contributed by atoms with van der Waals surface area (Å²) in [6, 6.07) is 12.8. The molecule has 96 valence electrons. The van der Waals surface area contributed by atoms with Gasteiger partial charge in [-0.15, -0.1) is 0 Å². The van der Waals surface area contributed by atoms with Gasteiger partial charge < -0.3 is 4.74 Å². The lowest BCUT2D eigenvalue weighted by Gasteiger charge is -2.41. The van der Waals surface area contributed by atoms with E-state index in [2.05, 4.69) is 44.2 Å². The predicted octanol–water partition coefficient (Wildman–Crippen LogP) is 3.67. The van der Waals surface area contributed by atoms with Crippen LogP contribution >= 0.6 is 0 Å². The maximum Gasteiger partial charge on any atom is 0.0631 e. The van der Waals surface area contributed by atoms with Crippen molar-refractivity contribution in [2.75, 3.05) is 6.61 Å². The van der Waals surface area contributed by atoms with Gasteiger partial charge in [-0.05, 0) is 24.3 Å². The molecule has 2 heteroatoms. The largest absolute Gasteiger partial charge is 0.378 e. The molecular weight excluding hydrogens is 222 g/mol. The lowest BCUT2D eigenvalue weighted by atomic mass is 9.69. The molecule has 0 radical (unpaired) electrons. The van der Waals surface area contributed by atoms with Crippen molar-refractivity contribution in [1.82, 2.24) is 0 Å². The van der Waals surface area contributed by atoms with Crippen LogP contribution < -0.4 is 0 Å². The fourth-order valence-corrected chi connectivity index (χ4v) is 2.85. The molecule has 0 saturated carbocycles. The lowest BCUT2D eigenvalue weighted by molar-refractivity contribution is -0.0441. The van der Waals surface area contributed by atoms with E-state index in [1.807, 2.05) is 6.07 Å². The molecule has 0 unspecified atom stereocenters. The SMILES string of the molecule is CC(C)[C@@H]1C[C@](CC#N)(c2ccccc2)CCO1. The van der Waals surface area contributed by atoms with Gasteiger partial charge in [-0.2, -0.15) is 5.26 Å². The van der Waals surface area contributed by atoms with Gasteiger partial charge in [0, 0.05) is 18.4 Å². The highest BCUT2D eigenvalue weighted by Crippen LogP contribution is 2.41. The molecule has 0 amide bonds. The van der Waals surface area contributed by atoms with Crippen LogP contribution in [-0.4, -0.2) is 12.7 Å². The van der Waals surface area contributed by atoms with E-state index in [9.17, 15) is 5.26 Å². The smallest absolute Gasteiger partial charge is 0.0631 e. The van der Waals surface area contributed by atoms with Gasteiger partial charge in [-0.1, -0.05) is 44.2 Å². The number of benzene rings is 1. The number of nitrogens with zero attached hydrogens (tertiary/aromatic N) is 1. The van der Waals surface area contributed by atoms with Crippen LogP contribution in [0.4, 0.5) is 0 Å². The Morgan fingerprint density at radius 2 is 2.11 bits per heavy atom. The van der Waals surface area contributed by atoms with Crippen LogP contribution in [0.3, 0.4) is 0 Å². The van der Waals surface area contributed by atoms with E-state index in [-0.39, 0.29) is 11.5 Å². The summed E-state index contributed by atoms with van der Waals surface area (Å²) in [5, 5.41) is 9.18. The molecule has 2 rings (SSSR count). The van der Waals surface area contributed by atoms with Crippen molar-refractivity contribution < 1.29 is 4.74 Å². The van der Waals surface area contributed by atoms with Crippen molar-refractivity contribution in [2.24, 2.45) is 5.92 Å². The second kappa shape index (κ2) is 5.54. The minimum Gasteiger partial charge on any atom is -0.378 e. The highest BCUT2D eigenvalue weighted by molar-refractivity contribution is 5.27. The molecule has 0 spiro atoms. The van der Waals surface area contributed by atoms with Crippen molar-refractivity contribution in [3.63, 3.8) is 0 Å². The molecule has 1 saturated heterocycles. The quantitative estimate of drug-likeness (QED) is 0.811. The third-order valence-electron chi connectivity index (χ3n) is 4.05. The Bertz CT molecular complexity index is 420. The number of ether oxygens (including phenoxy) is 1. The second-order valence-corrected chi connectivity index (χ2v) is 5.59. The number of nitriles is 1. The van der Waals surface area contributed by atoms with E-state index in [4.69, 9.17) is 4.74 Å². The standard InChI is InChI=1S/C16H21NO/c1-13(2)15-12-16(8-10-17,9-11-18-15)14-6-4-3-5-7-14/h3-7,13,15H,8-9,11-12H2,1-2H3/t15-,16+/m0/s1. The fraction of sp³-hybridized carbons (Fsp3) is 0.562. The monoisotopic (exact) mass is 243 g/mol. The van der Waals surface area contributed by atoms with Gasteiger partial charge in [-0.3, -0.25) is 0 Å². The summed E-state index contributed by atoms with van der Waals surface area (Å²) in [5.41, 5.74) is 1.28. The van der Waals surface area contributed by atoms with Crippen molar-refractivity contribution >= 4 is 0 Å². The zero-order valence-electron chi connectivity index (χ0n) is 11.2. The Kier molecular flexibility index (Phi) is 4.04. The zero-order valence-corrected chi connectivity index (χ0v) is 11.2. The van der Waals surface area contributed by atoms with Crippen molar-refractivity contribution in [3.8, 4) is 6.07 Å². The average molecular weight is 243 g/mol. The molecule has 1 aliphatic heterocycles. The molecule has 1 aliphatic rings. The molecule has 1 aromatic rings. The van der Waals surface area contributed by atoms with E-state index < -0.39 is 0 Å². The summed E-state index contributed by atoms with van der Waals surface area (Å²) in [5.74, 6) is 0.507. The van der Waals surface area contributed by atoms with Crippen LogP contribution in [0.15, 0.2) is 30.3 Å². The molecule has 0 aromatic heterocycles. The van der Waals surface area contributed by atoms with Crippen LogP contribution in [0.1, 0.15) is 38.7 Å². The van der Waals surface area contributed by atoms with Crippen LogP contribution in [0.25, 0.3) is 0 Å². The highest BCUT2D eigenvalue weighted by Gasteiger charge is 2.39. The van der Waals surface area contributed by atoms with Gasteiger partial charge in [0.1, 0.15) is 0 Å². The van der Waals surface area contributed by atoms with Gasteiger partial charge in [0.05, 0.1) is 12.2 Å². The Labute approximate surface area is 110 Å². The summed E-state index contributed by atoms with van der Waals surface area (Å²) in [7, 11) is 0. The molecule has 1 heterocycles. The molecule has 1 aromatic carbocycles. The van der Waals surface area contributed by atoms with Gasteiger partial charge in [-0.25, -0.2) is 0 Å². The molecule has 18 heavy (non-hydrogen) atoms. The predicted molar refractivity (Wildman–Crippen MR) is 72.2 cm³/mol. The van der Waals surface area contributed by atoms with E-state index in [0.717, 1.165) is 19.4 Å². The molecule has 0 aliphatic carbocycles. The van der Waals surface area contributed by atoms with Gasteiger partial charge >= 0.3 is 0 Å². The molecule has 2 atom stereocenters. The normalized spacial score (nSPS) is 28.0. The fourth-order valence-electron chi connectivity index (χ4n) is 2.85. The lowest BCUT2D eigenvalue weighted by Crippen LogP contribution is -2.40. The van der Waals surface area contributed by atoms with Crippen LogP contribution in [0, 0.1) is 17.2 Å². The summed E-state index contributed by atoms with van der Waals surface area (Å²) in [4.78, 5) is 0. The third kappa shape index (κ3) is 2.57. The first-order chi connectivity index (χ1) is 8.68. The maximum atomic E-state index is 9.18. The maximum absolute atomic E-state index is 9.18. The Balaban J connectivity index is 2.30. The zero-order chi connectivity index (χ0) is 13.0. The van der Waals surface area contributed by atoms with Crippen molar-refractivity contribution in [2.45, 2.75) is 44.6 Å². The van der Waals surface area contributed by atoms with E-state index in [0.29, 0.717) is 12.3 Å². The average Bonchev–Trinajstić information content (AvgIpc) is 2.40. The van der Waals surface area contributed by atoms with E-state index in [1.54, 1.807) is 0 Å². The minimum absolute atomic E-state index is 0.0107. The van der Waals surface area contributed by atoms with Crippen LogP contribution in [0.5, 0.6) is 0 Å². The molecule has 2 nitrogen and oxygen atoms in total. The van der Waals surface area contributed by atoms with Gasteiger partial charge in [0.15, 0.2) is 0 Å². The Morgan fingerprint density at radius 1 is 1.39 bits per heavy atom. The summed E-state index contributed by atoms with van der Waals surface area (Å²) in [6.07, 6.45) is 2.77. The third-order valence-corrected chi connectivity index (χ3v) is 4.05. The molecular formula is C16H21NO. The van der Waals surface area contributed by atoms with Crippen LogP contribution in [-0.2, 0) is 10.2 Å². The minimum atomic E-state index is -0.0107. The summed E-state index contributed by atoms with van der Waals surface area (Å²) in [6.45, 7) is 5.15. The van der Waals surface area contributed by atoms with Gasteiger partial charge in [0.2, 0.25) is 0 Å². The summed E-state index contributed by atoms with van der Waals surface area (Å²) >= 11 is 0. The number of hydrogen-bond acceptors (Lipinski definition) is 2. The van der Waals surface area contributed by atoms with Gasteiger partial charge in [0.25, 0.3) is 0 Å². The molecule has 0 N–H and O–H groups in total. The first-order valence-electron chi connectivity index (χ1n) is 6.72.